The van der Waals surface area contributed by atoms with E-state index in [9.17, 15) is 9.59 Å². The van der Waals surface area contributed by atoms with Gasteiger partial charge >= 0.3 is 0 Å². The van der Waals surface area contributed by atoms with Crippen LogP contribution in [0.1, 0.15) is 19.8 Å². The molecule has 4 nitrogen and oxygen atoms in total. The average Bonchev–Trinajstić information content (AvgIpc) is 2.59. The zero-order valence-electron chi connectivity index (χ0n) is 7.99. The third kappa shape index (κ3) is 1.04. The van der Waals surface area contributed by atoms with Crippen molar-refractivity contribution in [3.8, 4) is 0 Å². The Labute approximate surface area is 77.5 Å². The van der Waals surface area contributed by atoms with Gasteiger partial charge in [-0.05, 0) is 19.8 Å². The maximum Gasteiger partial charge on any atom is 0.245 e. The normalized spacial score (nSPS) is 34.0. The number of nitrogens with zero attached hydrogens (tertiary/aromatic N) is 2. The molecule has 4 heteroatoms. The molecule has 2 fully saturated rings. The topological polar surface area (TPSA) is 40.6 Å². The molecule has 0 radical (unpaired) electrons. The lowest BCUT2D eigenvalue weighted by Gasteiger charge is -2.38. The Morgan fingerprint density at radius 3 is 2.69 bits per heavy atom. The van der Waals surface area contributed by atoms with Crippen molar-refractivity contribution in [3.05, 3.63) is 0 Å². The zero-order chi connectivity index (χ0) is 9.59. The number of carbonyl (C=O) groups excluding carboxylic acids is 2. The quantitative estimate of drug-likeness (QED) is 0.522. The Hall–Kier alpha value is -1.06. The number of carbonyl (C=O) groups is 2. The molecule has 0 bridgehead atoms. The van der Waals surface area contributed by atoms with Crippen LogP contribution in [-0.4, -0.2) is 47.3 Å². The highest BCUT2D eigenvalue weighted by Gasteiger charge is 2.44. The molecule has 2 saturated heterocycles. The summed E-state index contributed by atoms with van der Waals surface area (Å²) >= 11 is 0. The lowest BCUT2D eigenvalue weighted by atomic mass is 10.1. The van der Waals surface area contributed by atoms with E-state index in [0.717, 1.165) is 19.4 Å². The number of piperazine rings is 1. The molecule has 2 amide bonds. The summed E-state index contributed by atoms with van der Waals surface area (Å²) < 4.78 is 0. The predicted octanol–water partition coefficient (Wildman–Crippen LogP) is -0.162. The minimum Gasteiger partial charge on any atom is -0.332 e. The smallest absolute Gasteiger partial charge is 0.245 e. The van der Waals surface area contributed by atoms with E-state index in [2.05, 4.69) is 0 Å². The van der Waals surface area contributed by atoms with Crippen LogP contribution in [0.2, 0.25) is 0 Å². The Morgan fingerprint density at radius 1 is 1.31 bits per heavy atom. The molecule has 0 aromatic rings. The molecule has 2 aliphatic heterocycles. The lowest BCUT2D eigenvalue weighted by Crippen LogP contribution is -2.60. The molecule has 0 saturated carbocycles. The molecule has 2 atom stereocenters. The minimum absolute atomic E-state index is 0.101. The van der Waals surface area contributed by atoms with E-state index in [1.54, 1.807) is 23.8 Å². The molecular formula is C9H14N2O2. The second-order valence-corrected chi connectivity index (χ2v) is 3.81. The summed E-state index contributed by atoms with van der Waals surface area (Å²) in [4.78, 5) is 26.7. The molecule has 2 rings (SSSR count). The number of amides is 2. The molecular weight excluding hydrogens is 168 g/mol. The van der Waals surface area contributed by atoms with E-state index >= 15 is 0 Å². The second kappa shape index (κ2) is 2.72. The van der Waals surface area contributed by atoms with Gasteiger partial charge < -0.3 is 9.80 Å². The van der Waals surface area contributed by atoms with Crippen molar-refractivity contribution >= 4 is 11.8 Å². The summed E-state index contributed by atoms with van der Waals surface area (Å²) in [7, 11) is 1.71. The van der Waals surface area contributed by atoms with Gasteiger partial charge in [-0.2, -0.15) is 0 Å². The van der Waals surface area contributed by atoms with E-state index in [-0.39, 0.29) is 23.9 Å². The van der Waals surface area contributed by atoms with Crippen LogP contribution in [0.4, 0.5) is 0 Å². The van der Waals surface area contributed by atoms with Crippen molar-refractivity contribution in [2.24, 2.45) is 0 Å². The molecule has 13 heavy (non-hydrogen) atoms. The monoisotopic (exact) mass is 182 g/mol. The molecule has 2 aliphatic rings. The number of hydrogen-bond donors (Lipinski definition) is 0. The van der Waals surface area contributed by atoms with Crippen molar-refractivity contribution in [1.82, 2.24) is 9.80 Å². The van der Waals surface area contributed by atoms with Crippen LogP contribution in [-0.2, 0) is 9.59 Å². The average molecular weight is 182 g/mol. The van der Waals surface area contributed by atoms with E-state index in [1.807, 2.05) is 0 Å². The molecule has 72 valence electrons. The molecule has 0 N–H and O–H groups in total. The summed E-state index contributed by atoms with van der Waals surface area (Å²) in [6.45, 7) is 2.54. The second-order valence-electron chi connectivity index (χ2n) is 3.81. The predicted molar refractivity (Wildman–Crippen MR) is 47.0 cm³/mol. The molecule has 2 heterocycles. The summed E-state index contributed by atoms with van der Waals surface area (Å²) in [5, 5.41) is 0. The van der Waals surface area contributed by atoms with Gasteiger partial charge in [-0.3, -0.25) is 9.59 Å². The van der Waals surface area contributed by atoms with Crippen molar-refractivity contribution < 1.29 is 9.59 Å². The van der Waals surface area contributed by atoms with Crippen LogP contribution in [0.3, 0.4) is 0 Å². The molecule has 0 aromatic carbocycles. The molecule has 0 unspecified atom stereocenters. The first-order valence-electron chi connectivity index (χ1n) is 4.70. The van der Waals surface area contributed by atoms with Gasteiger partial charge in [-0.15, -0.1) is 0 Å². The molecule has 0 aromatic heterocycles. The van der Waals surface area contributed by atoms with Crippen molar-refractivity contribution in [1.29, 1.82) is 0 Å². The van der Waals surface area contributed by atoms with E-state index in [0.29, 0.717) is 0 Å². The van der Waals surface area contributed by atoms with Crippen LogP contribution < -0.4 is 0 Å². The fourth-order valence-electron chi connectivity index (χ4n) is 2.12. The highest BCUT2D eigenvalue weighted by atomic mass is 16.2. The molecule has 0 spiro atoms. The number of rotatable bonds is 0. The Balaban J connectivity index is 2.29. The largest absolute Gasteiger partial charge is 0.332 e. The van der Waals surface area contributed by atoms with Gasteiger partial charge in [0.1, 0.15) is 12.1 Å². The van der Waals surface area contributed by atoms with Crippen LogP contribution in [0, 0.1) is 0 Å². The van der Waals surface area contributed by atoms with Gasteiger partial charge in [0.05, 0.1) is 0 Å². The van der Waals surface area contributed by atoms with E-state index in [4.69, 9.17) is 0 Å². The summed E-state index contributed by atoms with van der Waals surface area (Å²) in [6, 6.07) is -0.435. The maximum atomic E-state index is 11.7. The third-order valence-electron chi connectivity index (χ3n) is 3.11. The third-order valence-corrected chi connectivity index (χ3v) is 3.11. The van der Waals surface area contributed by atoms with Crippen LogP contribution in [0.15, 0.2) is 0 Å². The number of hydrogen-bond acceptors (Lipinski definition) is 2. The van der Waals surface area contributed by atoms with Crippen LogP contribution >= 0.6 is 0 Å². The maximum absolute atomic E-state index is 11.7. The highest BCUT2D eigenvalue weighted by molar-refractivity contribution is 5.97. The van der Waals surface area contributed by atoms with E-state index in [1.165, 1.54) is 0 Å². The first-order chi connectivity index (χ1) is 6.13. The van der Waals surface area contributed by atoms with Gasteiger partial charge in [0.15, 0.2) is 0 Å². The van der Waals surface area contributed by atoms with Crippen molar-refractivity contribution in [3.63, 3.8) is 0 Å². The fraction of sp³-hybridized carbons (Fsp3) is 0.778. The SMILES string of the molecule is C[C@@H]1C(=O)N2CCC[C@H]2C(=O)N1C. The van der Waals surface area contributed by atoms with Gasteiger partial charge in [-0.25, -0.2) is 0 Å². The van der Waals surface area contributed by atoms with Crippen LogP contribution in [0.25, 0.3) is 0 Å². The lowest BCUT2D eigenvalue weighted by molar-refractivity contribution is -0.156. The summed E-state index contributed by atoms with van der Waals surface area (Å²) in [5.74, 6) is 0.203. The Bertz CT molecular complexity index is 238. The zero-order valence-corrected chi connectivity index (χ0v) is 7.99. The Morgan fingerprint density at radius 2 is 2.00 bits per heavy atom. The van der Waals surface area contributed by atoms with Gasteiger partial charge in [0.2, 0.25) is 11.8 Å². The standard InChI is InChI=1S/C9H14N2O2/c1-6-8(12)11-5-3-4-7(11)9(13)10(6)2/h6-7H,3-5H2,1-2H3/t6-,7+/m1/s1. The highest BCUT2D eigenvalue weighted by Crippen LogP contribution is 2.25. The number of fused-ring (bicyclic) bond motifs is 1. The first kappa shape index (κ1) is 8.53. The van der Waals surface area contributed by atoms with Crippen LogP contribution in [0.5, 0.6) is 0 Å². The minimum atomic E-state index is -0.276. The number of likely N-dealkylation sites (N-methyl/N-ethyl adjacent to an activating group) is 1. The van der Waals surface area contributed by atoms with Crippen molar-refractivity contribution in [2.45, 2.75) is 31.8 Å². The van der Waals surface area contributed by atoms with Crippen molar-refractivity contribution in [2.75, 3.05) is 13.6 Å². The Kier molecular flexibility index (Phi) is 1.78. The molecule has 0 aliphatic carbocycles. The van der Waals surface area contributed by atoms with Gasteiger partial charge in [0, 0.05) is 13.6 Å². The summed E-state index contributed by atoms with van der Waals surface area (Å²) in [6.07, 6.45) is 1.80. The first-order valence-corrected chi connectivity index (χ1v) is 4.70. The fourth-order valence-corrected chi connectivity index (χ4v) is 2.12. The summed E-state index contributed by atoms with van der Waals surface area (Å²) in [5.41, 5.74) is 0. The van der Waals surface area contributed by atoms with Gasteiger partial charge in [-0.1, -0.05) is 0 Å². The van der Waals surface area contributed by atoms with Gasteiger partial charge in [0.25, 0.3) is 0 Å². The van der Waals surface area contributed by atoms with E-state index < -0.39 is 0 Å².